The highest BCUT2D eigenvalue weighted by Crippen LogP contribution is 2.34. The molecule has 1 aromatic rings. The van der Waals surface area contributed by atoms with Gasteiger partial charge in [0, 0.05) is 31.9 Å². The van der Waals surface area contributed by atoms with Gasteiger partial charge in [0.25, 0.3) is 0 Å². The molecule has 1 saturated heterocycles. The normalized spacial score (nSPS) is 17.3. The first kappa shape index (κ1) is 16.1. The summed E-state index contributed by atoms with van der Waals surface area (Å²) in [6.07, 6.45) is -3.35. The lowest BCUT2D eigenvalue weighted by Crippen LogP contribution is -2.46. The predicted octanol–water partition coefficient (Wildman–Crippen LogP) is 2.73. The quantitative estimate of drug-likeness (QED) is 0.926. The van der Waals surface area contributed by atoms with Gasteiger partial charge in [0.2, 0.25) is 0 Å². The van der Waals surface area contributed by atoms with E-state index in [2.05, 4.69) is 11.8 Å². The van der Waals surface area contributed by atoms with Crippen LogP contribution in [0.1, 0.15) is 24.5 Å². The van der Waals surface area contributed by atoms with E-state index >= 15 is 0 Å². The number of hydrogen-bond acceptors (Lipinski definition) is 3. The van der Waals surface area contributed by atoms with Gasteiger partial charge in [-0.05, 0) is 30.7 Å². The zero-order chi connectivity index (χ0) is 15.5. The van der Waals surface area contributed by atoms with E-state index in [1.54, 1.807) is 6.07 Å². The van der Waals surface area contributed by atoms with Gasteiger partial charge >= 0.3 is 6.18 Å². The number of anilines is 1. The summed E-state index contributed by atoms with van der Waals surface area (Å²) in [7, 11) is 0. The zero-order valence-corrected chi connectivity index (χ0v) is 12.2. The number of aliphatic hydroxyl groups excluding tert-OH is 1. The highest BCUT2D eigenvalue weighted by Gasteiger charge is 2.34. The minimum absolute atomic E-state index is 0.0733. The number of nitrogens with zero attached hydrogens (tertiary/aromatic N) is 2. The molecule has 6 heteroatoms. The van der Waals surface area contributed by atoms with Gasteiger partial charge in [-0.15, -0.1) is 0 Å². The van der Waals surface area contributed by atoms with Gasteiger partial charge in [-0.1, -0.05) is 13.0 Å². The standard InChI is InChI=1S/C15H21F3N2O/c1-2-5-19-6-8-20(9-7-19)13-4-3-12(11-21)14(10-13)15(16,17)18/h3-4,10,21H,2,5-9,11H2,1H3. The first-order valence-electron chi connectivity index (χ1n) is 7.24. The van der Waals surface area contributed by atoms with Crippen LogP contribution in [0, 0.1) is 0 Å². The van der Waals surface area contributed by atoms with Crippen molar-refractivity contribution in [2.45, 2.75) is 26.1 Å². The Bertz CT molecular complexity index is 468. The van der Waals surface area contributed by atoms with Crippen LogP contribution in [-0.4, -0.2) is 42.7 Å². The van der Waals surface area contributed by atoms with Crippen molar-refractivity contribution in [1.29, 1.82) is 0 Å². The lowest BCUT2D eigenvalue weighted by Gasteiger charge is -2.36. The van der Waals surface area contributed by atoms with Gasteiger partial charge in [0.1, 0.15) is 0 Å². The number of halogens is 3. The third kappa shape index (κ3) is 3.89. The molecule has 0 aromatic heterocycles. The van der Waals surface area contributed by atoms with Gasteiger partial charge in [-0.25, -0.2) is 0 Å². The first-order chi connectivity index (χ1) is 9.95. The molecular weight excluding hydrogens is 281 g/mol. The molecule has 0 radical (unpaired) electrons. The third-order valence-electron chi connectivity index (χ3n) is 3.85. The van der Waals surface area contributed by atoms with Crippen LogP contribution in [0.4, 0.5) is 18.9 Å². The average molecular weight is 302 g/mol. The lowest BCUT2D eigenvalue weighted by molar-refractivity contribution is -0.138. The van der Waals surface area contributed by atoms with Crippen molar-refractivity contribution in [1.82, 2.24) is 4.90 Å². The van der Waals surface area contributed by atoms with E-state index in [0.717, 1.165) is 45.2 Å². The van der Waals surface area contributed by atoms with E-state index in [0.29, 0.717) is 5.69 Å². The molecule has 0 bridgehead atoms. The molecule has 0 spiro atoms. The molecule has 118 valence electrons. The molecule has 2 rings (SSSR count). The largest absolute Gasteiger partial charge is 0.416 e. The molecule has 1 N–H and O–H groups in total. The minimum Gasteiger partial charge on any atom is -0.392 e. The maximum atomic E-state index is 13.0. The van der Waals surface area contributed by atoms with Gasteiger partial charge in [-0.3, -0.25) is 4.90 Å². The van der Waals surface area contributed by atoms with Crippen LogP contribution >= 0.6 is 0 Å². The summed E-state index contributed by atoms with van der Waals surface area (Å²) < 4.78 is 39.0. The molecule has 1 aliphatic heterocycles. The Morgan fingerprint density at radius 3 is 2.33 bits per heavy atom. The minimum atomic E-state index is -4.43. The molecular formula is C15H21F3N2O. The summed E-state index contributed by atoms with van der Waals surface area (Å²) in [5.41, 5.74) is -0.231. The number of alkyl halides is 3. The highest BCUT2D eigenvalue weighted by atomic mass is 19.4. The van der Waals surface area contributed by atoms with E-state index in [9.17, 15) is 13.2 Å². The average Bonchev–Trinajstić information content (AvgIpc) is 2.47. The molecule has 0 amide bonds. The van der Waals surface area contributed by atoms with Gasteiger partial charge in [0.15, 0.2) is 0 Å². The SMILES string of the molecule is CCCN1CCN(c2ccc(CO)c(C(F)(F)F)c2)CC1. The Morgan fingerprint density at radius 1 is 1.14 bits per heavy atom. The Labute approximate surface area is 123 Å². The number of piperazine rings is 1. The molecule has 0 saturated carbocycles. The molecule has 0 atom stereocenters. The monoisotopic (exact) mass is 302 g/mol. The van der Waals surface area contributed by atoms with Crippen LogP contribution in [0.15, 0.2) is 18.2 Å². The summed E-state index contributed by atoms with van der Waals surface area (Å²) in [6.45, 7) is 5.76. The zero-order valence-electron chi connectivity index (χ0n) is 12.2. The van der Waals surface area contributed by atoms with E-state index in [1.807, 2.05) is 4.90 Å². The number of benzene rings is 1. The van der Waals surface area contributed by atoms with Crippen LogP contribution in [0.25, 0.3) is 0 Å². The Balaban J connectivity index is 2.15. The number of aliphatic hydroxyl groups is 1. The van der Waals surface area contributed by atoms with Crippen molar-refractivity contribution >= 4 is 5.69 Å². The van der Waals surface area contributed by atoms with Crippen molar-refractivity contribution in [3.8, 4) is 0 Å². The van der Waals surface area contributed by atoms with E-state index < -0.39 is 18.3 Å². The second kappa shape index (κ2) is 6.66. The molecule has 1 fully saturated rings. The van der Waals surface area contributed by atoms with Gasteiger partial charge in [0.05, 0.1) is 12.2 Å². The van der Waals surface area contributed by atoms with Crippen molar-refractivity contribution in [2.24, 2.45) is 0 Å². The summed E-state index contributed by atoms with van der Waals surface area (Å²) >= 11 is 0. The topological polar surface area (TPSA) is 26.7 Å². The van der Waals surface area contributed by atoms with E-state index in [-0.39, 0.29) is 5.56 Å². The fourth-order valence-electron chi connectivity index (χ4n) is 2.71. The Kier molecular flexibility index (Phi) is 5.11. The molecule has 1 aromatic carbocycles. The Morgan fingerprint density at radius 2 is 1.81 bits per heavy atom. The van der Waals surface area contributed by atoms with Crippen LogP contribution in [-0.2, 0) is 12.8 Å². The molecule has 0 unspecified atom stereocenters. The number of hydrogen-bond donors (Lipinski definition) is 1. The van der Waals surface area contributed by atoms with Crippen LogP contribution in [0.5, 0.6) is 0 Å². The molecule has 21 heavy (non-hydrogen) atoms. The predicted molar refractivity (Wildman–Crippen MR) is 76.3 cm³/mol. The fourth-order valence-corrected chi connectivity index (χ4v) is 2.71. The second-order valence-electron chi connectivity index (χ2n) is 5.33. The van der Waals surface area contributed by atoms with Crippen molar-refractivity contribution in [3.63, 3.8) is 0 Å². The number of rotatable bonds is 4. The van der Waals surface area contributed by atoms with Crippen LogP contribution in [0.3, 0.4) is 0 Å². The van der Waals surface area contributed by atoms with Gasteiger partial charge in [-0.2, -0.15) is 13.2 Å². The van der Waals surface area contributed by atoms with Crippen molar-refractivity contribution in [3.05, 3.63) is 29.3 Å². The Hall–Kier alpha value is -1.27. The molecule has 3 nitrogen and oxygen atoms in total. The van der Waals surface area contributed by atoms with Crippen LogP contribution < -0.4 is 4.90 Å². The van der Waals surface area contributed by atoms with Gasteiger partial charge < -0.3 is 10.0 Å². The van der Waals surface area contributed by atoms with E-state index in [1.165, 1.54) is 6.07 Å². The van der Waals surface area contributed by atoms with Crippen molar-refractivity contribution < 1.29 is 18.3 Å². The van der Waals surface area contributed by atoms with E-state index in [4.69, 9.17) is 5.11 Å². The summed E-state index contributed by atoms with van der Waals surface area (Å²) in [5, 5.41) is 9.06. The second-order valence-corrected chi connectivity index (χ2v) is 5.33. The summed E-state index contributed by atoms with van der Waals surface area (Å²) in [4.78, 5) is 4.30. The third-order valence-corrected chi connectivity index (χ3v) is 3.85. The molecule has 1 heterocycles. The van der Waals surface area contributed by atoms with Crippen LogP contribution in [0.2, 0.25) is 0 Å². The summed E-state index contributed by atoms with van der Waals surface area (Å²) in [6, 6.07) is 4.19. The summed E-state index contributed by atoms with van der Waals surface area (Å²) in [5.74, 6) is 0. The maximum Gasteiger partial charge on any atom is 0.416 e. The lowest BCUT2D eigenvalue weighted by atomic mass is 10.1. The first-order valence-corrected chi connectivity index (χ1v) is 7.24. The van der Waals surface area contributed by atoms with Crippen molar-refractivity contribution in [2.75, 3.05) is 37.6 Å². The maximum absolute atomic E-state index is 13.0. The highest BCUT2D eigenvalue weighted by molar-refractivity contribution is 5.52. The molecule has 1 aliphatic rings. The fraction of sp³-hybridized carbons (Fsp3) is 0.600. The smallest absolute Gasteiger partial charge is 0.392 e. The molecule has 0 aliphatic carbocycles.